The summed E-state index contributed by atoms with van der Waals surface area (Å²) in [6.07, 6.45) is 5.68. The van der Waals surface area contributed by atoms with E-state index in [9.17, 15) is 4.79 Å². The lowest BCUT2D eigenvalue weighted by Crippen LogP contribution is -2.32. The number of amides is 1. The number of nitrogen functional groups attached to an aromatic ring is 1. The Hall–Kier alpha value is -2.36. The first-order valence-electron chi connectivity index (χ1n) is 6.79. The highest BCUT2D eigenvalue weighted by atomic mass is 16.2. The van der Waals surface area contributed by atoms with Gasteiger partial charge in [0.05, 0.1) is 0 Å². The largest absolute Gasteiger partial charge is 0.399 e. The van der Waals surface area contributed by atoms with E-state index in [1.165, 1.54) is 0 Å². The standard InChI is InChI=1S/C16H17N3O/c17-14-3-1-2-13(10-14)16(20)19(15-4-5-15)11-12-6-8-18-9-7-12/h1-3,6-10,15H,4-5,11,17H2. The first-order chi connectivity index (χ1) is 9.74. The van der Waals surface area contributed by atoms with Crippen LogP contribution in [0.1, 0.15) is 28.8 Å². The molecule has 0 saturated heterocycles. The van der Waals surface area contributed by atoms with Crippen molar-refractivity contribution in [2.75, 3.05) is 5.73 Å². The van der Waals surface area contributed by atoms with Crippen LogP contribution >= 0.6 is 0 Å². The molecule has 0 spiro atoms. The van der Waals surface area contributed by atoms with E-state index >= 15 is 0 Å². The van der Waals surface area contributed by atoms with E-state index in [2.05, 4.69) is 4.98 Å². The highest BCUT2D eigenvalue weighted by Gasteiger charge is 2.33. The number of benzene rings is 1. The normalized spacial score (nSPS) is 14.0. The smallest absolute Gasteiger partial charge is 0.254 e. The molecule has 4 nitrogen and oxygen atoms in total. The van der Waals surface area contributed by atoms with E-state index in [-0.39, 0.29) is 5.91 Å². The highest BCUT2D eigenvalue weighted by Crippen LogP contribution is 2.30. The van der Waals surface area contributed by atoms with Gasteiger partial charge in [-0.2, -0.15) is 0 Å². The molecule has 0 unspecified atom stereocenters. The molecule has 1 aliphatic carbocycles. The minimum absolute atomic E-state index is 0.0524. The van der Waals surface area contributed by atoms with Gasteiger partial charge in [0.1, 0.15) is 0 Å². The molecule has 20 heavy (non-hydrogen) atoms. The molecule has 1 aliphatic rings. The van der Waals surface area contributed by atoms with E-state index in [0.717, 1.165) is 18.4 Å². The summed E-state index contributed by atoms with van der Waals surface area (Å²) in [7, 11) is 0. The maximum Gasteiger partial charge on any atom is 0.254 e. The molecule has 1 aromatic heterocycles. The molecule has 3 rings (SSSR count). The van der Waals surface area contributed by atoms with Crippen molar-refractivity contribution in [3.8, 4) is 0 Å². The minimum Gasteiger partial charge on any atom is -0.399 e. The van der Waals surface area contributed by atoms with Crippen molar-refractivity contribution in [3.63, 3.8) is 0 Å². The van der Waals surface area contributed by atoms with Crippen molar-refractivity contribution in [1.82, 2.24) is 9.88 Å². The van der Waals surface area contributed by atoms with Crippen LogP contribution in [0.3, 0.4) is 0 Å². The lowest BCUT2D eigenvalue weighted by Gasteiger charge is -2.22. The monoisotopic (exact) mass is 267 g/mol. The Bertz CT molecular complexity index is 608. The average molecular weight is 267 g/mol. The van der Waals surface area contributed by atoms with Gasteiger partial charge in [-0.3, -0.25) is 9.78 Å². The number of nitrogens with zero attached hydrogens (tertiary/aromatic N) is 2. The molecule has 0 aliphatic heterocycles. The van der Waals surface area contributed by atoms with Gasteiger partial charge in [0.2, 0.25) is 0 Å². The van der Waals surface area contributed by atoms with Crippen LogP contribution in [0.2, 0.25) is 0 Å². The van der Waals surface area contributed by atoms with E-state index in [4.69, 9.17) is 5.73 Å². The third-order valence-corrected chi connectivity index (χ3v) is 3.48. The fourth-order valence-corrected chi connectivity index (χ4v) is 2.28. The van der Waals surface area contributed by atoms with E-state index < -0.39 is 0 Å². The Morgan fingerprint density at radius 2 is 2.00 bits per heavy atom. The van der Waals surface area contributed by atoms with Crippen LogP contribution in [0.25, 0.3) is 0 Å². The highest BCUT2D eigenvalue weighted by molar-refractivity contribution is 5.95. The van der Waals surface area contributed by atoms with Crippen LogP contribution in [-0.4, -0.2) is 21.8 Å². The number of hydrogen-bond donors (Lipinski definition) is 1. The Morgan fingerprint density at radius 1 is 1.25 bits per heavy atom. The predicted octanol–water partition coefficient (Wildman–Crippen LogP) is 2.47. The van der Waals surface area contributed by atoms with Gasteiger partial charge < -0.3 is 10.6 Å². The quantitative estimate of drug-likeness (QED) is 0.866. The van der Waals surface area contributed by atoms with Gasteiger partial charge in [0.15, 0.2) is 0 Å². The lowest BCUT2D eigenvalue weighted by molar-refractivity contribution is 0.0730. The van der Waals surface area contributed by atoms with Crippen molar-refractivity contribution in [2.24, 2.45) is 0 Å². The topological polar surface area (TPSA) is 59.2 Å². The number of rotatable bonds is 4. The Labute approximate surface area is 118 Å². The number of carbonyl (C=O) groups is 1. The van der Waals surface area contributed by atoms with Crippen LogP contribution in [-0.2, 0) is 6.54 Å². The predicted molar refractivity (Wildman–Crippen MR) is 78.0 cm³/mol. The minimum atomic E-state index is 0.0524. The molecule has 1 fully saturated rings. The van der Waals surface area contributed by atoms with Crippen molar-refractivity contribution < 1.29 is 4.79 Å². The molecule has 0 atom stereocenters. The fourth-order valence-electron chi connectivity index (χ4n) is 2.28. The van der Waals surface area contributed by atoms with Gasteiger partial charge in [0.25, 0.3) is 5.91 Å². The molecule has 1 saturated carbocycles. The first kappa shape index (κ1) is 12.7. The van der Waals surface area contributed by atoms with Crippen LogP contribution in [0.4, 0.5) is 5.69 Å². The van der Waals surface area contributed by atoms with E-state index in [1.54, 1.807) is 24.5 Å². The summed E-state index contributed by atoms with van der Waals surface area (Å²) in [6.45, 7) is 0.626. The van der Waals surface area contributed by atoms with Gasteiger partial charge >= 0.3 is 0 Å². The van der Waals surface area contributed by atoms with Crippen LogP contribution in [0.5, 0.6) is 0 Å². The van der Waals surface area contributed by atoms with Crippen molar-refractivity contribution >= 4 is 11.6 Å². The number of aromatic nitrogens is 1. The van der Waals surface area contributed by atoms with Gasteiger partial charge in [0, 0.05) is 36.2 Å². The van der Waals surface area contributed by atoms with Crippen LogP contribution in [0, 0.1) is 0 Å². The fraction of sp³-hybridized carbons (Fsp3) is 0.250. The molecule has 1 amide bonds. The summed E-state index contributed by atoms with van der Waals surface area (Å²) in [5, 5.41) is 0. The molecule has 0 bridgehead atoms. The number of carbonyl (C=O) groups excluding carboxylic acids is 1. The van der Waals surface area contributed by atoms with Crippen LogP contribution < -0.4 is 5.73 Å². The zero-order valence-electron chi connectivity index (χ0n) is 11.2. The molecule has 2 N–H and O–H groups in total. The van der Waals surface area contributed by atoms with Crippen molar-refractivity contribution in [1.29, 1.82) is 0 Å². The molecular weight excluding hydrogens is 250 g/mol. The van der Waals surface area contributed by atoms with Gasteiger partial charge in [-0.25, -0.2) is 0 Å². The summed E-state index contributed by atoms with van der Waals surface area (Å²) in [4.78, 5) is 18.6. The lowest BCUT2D eigenvalue weighted by atomic mass is 10.1. The zero-order chi connectivity index (χ0) is 13.9. The van der Waals surface area contributed by atoms with E-state index in [0.29, 0.717) is 23.8 Å². The molecule has 4 heteroatoms. The number of nitrogens with two attached hydrogens (primary N) is 1. The third kappa shape index (κ3) is 2.79. The van der Waals surface area contributed by atoms with Crippen LogP contribution in [0.15, 0.2) is 48.8 Å². The second-order valence-corrected chi connectivity index (χ2v) is 5.15. The number of hydrogen-bond acceptors (Lipinski definition) is 3. The molecule has 2 aromatic rings. The average Bonchev–Trinajstić information content (AvgIpc) is 3.30. The second kappa shape index (κ2) is 5.33. The second-order valence-electron chi connectivity index (χ2n) is 5.15. The Morgan fingerprint density at radius 3 is 2.65 bits per heavy atom. The number of anilines is 1. The molecule has 102 valence electrons. The summed E-state index contributed by atoms with van der Waals surface area (Å²) < 4.78 is 0. The van der Waals surface area contributed by atoms with Gasteiger partial charge in [-0.1, -0.05) is 6.07 Å². The molecule has 1 aromatic carbocycles. The Balaban J connectivity index is 1.82. The number of pyridine rings is 1. The molecule has 0 radical (unpaired) electrons. The van der Waals surface area contributed by atoms with Gasteiger partial charge in [-0.05, 0) is 48.7 Å². The maximum atomic E-state index is 12.6. The zero-order valence-corrected chi connectivity index (χ0v) is 11.2. The first-order valence-corrected chi connectivity index (χ1v) is 6.79. The van der Waals surface area contributed by atoms with Crippen molar-refractivity contribution in [3.05, 3.63) is 59.9 Å². The molecular formula is C16H17N3O. The Kier molecular flexibility index (Phi) is 3.37. The third-order valence-electron chi connectivity index (χ3n) is 3.48. The summed E-state index contributed by atoms with van der Waals surface area (Å²) in [5.41, 5.74) is 8.14. The summed E-state index contributed by atoms with van der Waals surface area (Å²) in [5.74, 6) is 0.0524. The SMILES string of the molecule is Nc1cccc(C(=O)N(Cc2ccncc2)C2CC2)c1. The molecule has 1 heterocycles. The summed E-state index contributed by atoms with van der Waals surface area (Å²) in [6, 6.07) is 11.4. The maximum absolute atomic E-state index is 12.6. The van der Waals surface area contributed by atoms with Crippen molar-refractivity contribution in [2.45, 2.75) is 25.4 Å². The van der Waals surface area contributed by atoms with E-state index in [1.807, 2.05) is 29.2 Å². The van der Waals surface area contributed by atoms with Gasteiger partial charge in [-0.15, -0.1) is 0 Å². The summed E-state index contributed by atoms with van der Waals surface area (Å²) >= 11 is 0.